The first-order valence-corrected chi connectivity index (χ1v) is 7.73. The summed E-state index contributed by atoms with van der Waals surface area (Å²) in [5.74, 6) is 0.802. The van der Waals surface area contributed by atoms with Crippen molar-refractivity contribution in [3.63, 3.8) is 0 Å². The van der Waals surface area contributed by atoms with Crippen LogP contribution in [0.1, 0.15) is 39.2 Å². The third-order valence-electron chi connectivity index (χ3n) is 3.38. The third kappa shape index (κ3) is 3.56. The lowest BCUT2D eigenvalue weighted by molar-refractivity contribution is 0.451. The number of hydrogen-bond donors (Lipinski definition) is 1. The molecule has 0 amide bonds. The molecule has 98 valence electrons. The molecule has 1 aromatic heterocycles. The number of rotatable bonds is 6. The van der Waals surface area contributed by atoms with Gasteiger partial charge in [0.1, 0.15) is 0 Å². The molecule has 0 fully saturated rings. The quantitative estimate of drug-likeness (QED) is 0.786. The minimum atomic E-state index is 0.603. The minimum absolute atomic E-state index is 0.603. The van der Waals surface area contributed by atoms with Gasteiger partial charge in [-0.15, -0.1) is 11.3 Å². The van der Waals surface area contributed by atoms with Crippen LogP contribution in [0.4, 0.5) is 0 Å². The summed E-state index contributed by atoms with van der Waals surface area (Å²) in [6, 6.07) is 9.26. The van der Waals surface area contributed by atoms with E-state index in [9.17, 15) is 0 Å². The Morgan fingerprint density at radius 1 is 1.11 bits per heavy atom. The summed E-state index contributed by atoms with van der Waals surface area (Å²) >= 11 is 1.84. The Kier molecular flexibility index (Phi) is 4.79. The number of thiophene rings is 1. The second kappa shape index (κ2) is 6.35. The first-order chi connectivity index (χ1) is 8.66. The first-order valence-electron chi connectivity index (χ1n) is 6.85. The van der Waals surface area contributed by atoms with Crippen LogP contribution in [0.15, 0.2) is 29.6 Å². The van der Waals surface area contributed by atoms with E-state index in [4.69, 9.17) is 0 Å². The highest BCUT2D eigenvalue weighted by atomic mass is 32.1. The molecule has 2 heteroatoms. The van der Waals surface area contributed by atoms with Crippen molar-refractivity contribution in [2.75, 3.05) is 0 Å². The number of hydrogen-bond acceptors (Lipinski definition) is 2. The first kappa shape index (κ1) is 13.6. The summed E-state index contributed by atoms with van der Waals surface area (Å²) in [6.07, 6.45) is 2.57. The molecule has 0 aliphatic rings. The summed E-state index contributed by atoms with van der Waals surface area (Å²) in [5, 5.41) is 7.33. The molecule has 0 bridgehead atoms. The predicted molar refractivity (Wildman–Crippen MR) is 82.2 cm³/mol. The van der Waals surface area contributed by atoms with Crippen molar-refractivity contribution in [3.05, 3.63) is 35.2 Å². The molecular formula is C16H23NS. The Balaban J connectivity index is 1.90. The van der Waals surface area contributed by atoms with Gasteiger partial charge in [-0.1, -0.05) is 32.0 Å². The van der Waals surface area contributed by atoms with Gasteiger partial charge in [-0.3, -0.25) is 0 Å². The highest BCUT2D eigenvalue weighted by Gasteiger charge is 2.06. The van der Waals surface area contributed by atoms with E-state index in [2.05, 4.69) is 55.7 Å². The molecule has 2 rings (SSSR count). The Hall–Kier alpha value is -0.860. The van der Waals surface area contributed by atoms with Crippen molar-refractivity contribution in [3.8, 4) is 0 Å². The van der Waals surface area contributed by atoms with Gasteiger partial charge in [0.25, 0.3) is 0 Å². The molecule has 1 aromatic carbocycles. The number of nitrogens with one attached hydrogen (secondary N) is 1. The van der Waals surface area contributed by atoms with Crippen molar-refractivity contribution < 1.29 is 0 Å². The van der Waals surface area contributed by atoms with Crippen molar-refractivity contribution >= 4 is 21.4 Å². The van der Waals surface area contributed by atoms with Gasteiger partial charge in [0, 0.05) is 17.3 Å². The van der Waals surface area contributed by atoms with Gasteiger partial charge in [-0.05, 0) is 48.1 Å². The number of benzene rings is 1. The average Bonchev–Trinajstić information content (AvgIpc) is 2.77. The van der Waals surface area contributed by atoms with Crippen LogP contribution < -0.4 is 5.32 Å². The van der Waals surface area contributed by atoms with Crippen LogP contribution in [0.25, 0.3) is 10.1 Å². The van der Waals surface area contributed by atoms with E-state index in [-0.39, 0.29) is 0 Å². The summed E-state index contributed by atoms with van der Waals surface area (Å²) in [7, 11) is 0. The van der Waals surface area contributed by atoms with Gasteiger partial charge >= 0.3 is 0 Å². The Morgan fingerprint density at radius 3 is 2.67 bits per heavy atom. The summed E-state index contributed by atoms with van der Waals surface area (Å²) in [5.41, 5.74) is 1.44. The van der Waals surface area contributed by atoms with E-state index >= 15 is 0 Å². The molecule has 2 aromatic rings. The molecule has 0 spiro atoms. The van der Waals surface area contributed by atoms with E-state index in [0.29, 0.717) is 6.04 Å². The Bertz CT molecular complexity index is 487. The maximum Gasteiger partial charge on any atom is 0.0346 e. The van der Waals surface area contributed by atoms with Gasteiger partial charge in [-0.2, -0.15) is 0 Å². The Labute approximate surface area is 114 Å². The molecular weight excluding hydrogens is 238 g/mol. The van der Waals surface area contributed by atoms with Crippen LogP contribution in [0.5, 0.6) is 0 Å². The molecule has 0 aliphatic heterocycles. The molecule has 0 saturated carbocycles. The maximum absolute atomic E-state index is 3.64. The third-order valence-corrected chi connectivity index (χ3v) is 4.39. The molecule has 1 unspecified atom stereocenters. The monoisotopic (exact) mass is 261 g/mol. The average molecular weight is 261 g/mol. The lowest BCUT2D eigenvalue weighted by Gasteiger charge is -2.14. The zero-order valence-corrected chi connectivity index (χ0v) is 12.4. The van der Waals surface area contributed by atoms with Gasteiger partial charge in [0.2, 0.25) is 0 Å². The van der Waals surface area contributed by atoms with E-state index in [1.54, 1.807) is 0 Å². The predicted octanol–water partition coefficient (Wildman–Crippen LogP) is 4.82. The van der Waals surface area contributed by atoms with Gasteiger partial charge in [-0.25, -0.2) is 0 Å². The zero-order chi connectivity index (χ0) is 13.0. The van der Waals surface area contributed by atoms with Crippen molar-refractivity contribution in [2.45, 2.75) is 46.2 Å². The van der Waals surface area contributed by atoms with Gasteiger partial charge in [0.15, 0.2) is 0 Å². The van der Waals surface area contributed by atoms with Crippen molar-refractivity contribution in [1.29, 1.82) is 0 Å². The van der Waals surface area contributed by atoms with E-state index in [0.717, 1.165) is 12.5 Å². The SMILES string of the molecule is CC(C)CCC(C)NCc1csc2ccccc12. The maximum atomic E-state index is 3.64. The highest BCUT2D eigenvalue weighted by molar-refractivity contribution is 7.17. The molecule has 1 heterocycles. The second-order valence-corrected chi connectivity index (χ2v) is 6.42. The fourth-order valence-electron chi connectivity index (χ4n) is 2.14. The topological polar surface area (TPSA) is 12.0 Å². The number of fused-ring (bicyclic) bond motifs is 1. The van der Waals surface area contributed by atoms with Crippen molar-refractivity contribution in [2.24, 2.45) is 5.92 Å². The zero-order valence-electron chi connectivity index (χ0n) is 11.6. The molecule has 0 aliphatic carbocycles. The fraction of sp³-hybridized carbons (Fsp3) is 0.500. The van der Waals surface area contributed by atoms with E-state index < -0.39 is 0 Å². The summed E-state index contributed by atoms with van der Waals surface area (Å²) in [4.78, 5) is 0. The summed E-state index contributed by atoms with van der Waals surface area (Å²) < 4.78 is 1.39. The van der Waals surface area contributed by atoms with E-state index in [1.807, 2.05) is 11.3 Å². The second-order valence-electron chi connectivity index (χ2n) is 5.51. The normalized spacial score (nSPS) is 13.3. The smallest absolute Gasteiger partial charge is 0.0346 e. The highest BCUT2D eigenvalue weighted by Crippen LogP contribution is 2.25. The fourth-order valence-corrected chi connectivity index (χ4v) is 3.10. The summed E-state index contributed by atoms with van der Waals surface area (Å²) in [6.45, 7) is 7.86. The molecule has 1 nitrogen and oxygen atoms in total. The van der Waals surface area contributed by atoms with Crippen LogP contribution in [0.3, 0.4) is 0 Å². The minimum Gasteiger partial charge on any atom is -0.310 e. The van der Waals surface area contributed by atoms with Crippen LogP contribution >= 0.6 is 11.3 Å². The lowest BCUT2D eigenvalue weighted by atomic mass is 10.0. The largest absolute Gasteiger partial charge is 0.310 e. The van der Waals surface area contributed by atoms with Crippen LogP contribution in [0, 0.1) is 5.92 Å². The van der Waals surface area contributed by atoms with Crippen molar-refractivity contribution in [1.82, 2.24) is 5.32 Å². The molecule has 1 N–H and O–H groups in total. The van der Waals surface area contributed by atoms with Crippen LogP contribution in [-0.4, -0.2) is 6.04 Å². The van der Waals surface area contributed by atoms with Crippen LogP contribution in [0.2, 0.25) is 0 Å². The molecule has 0 radical (unpaired) electrons. The van der Waals surface area contributed by atoms with E-state index in [1.165, 1.54) is 28.5 Å². The van der Waals surface area contributed by atoms with Crippen LogP contribution in [-0.2, 0) is 6.54 Å². The lowest BCUT2D eigenvalue weighted by Crippen LogP contribution is -2.25. The molecule has 18 heavy (non-hydrogen) atoms. The Morgan fingerprint density at radius 2 is 1.89 bits per heavy atom. The molecule has 0 saturated heterocycles. The molecule has 1 atom stereocenters. The van der Waals surface area contributed by atoms with Gasteiger partial charge in [0.05, 0.1) is 0 Å². The van der Waals surface area contributed by atoms with Gasteiger partial charge < -0.3 is 5.32 Å². The standard InChI is InChI=1S/C16H23NS/c1-12(2)8-9-13(3)17-10-14-11-18-16-7-5-4-6-15(14)16/h4-7,11-13,17H,8-10H2,1-3H3.